The van der Waals surface area contributed by atoms with Crippen molar-refractivity contribution in [3.63, 3.8) is 0 Å². The molecular weight excluding hydrogens is 100 g/mol. The standard InChI is InChI=1S/C7H13O/c1-3-5-7-8-6-4-2/h4,7H,2-3,5-6H2,1H3. The van der Waals surface area contributed by atoms with Gasteiger partial charge in [-0.25, -0.2) is 0 Å². The number of unbranched alkanes of at least 4 members (excludes halogenated alkanes) is 1. The summed E-state index contributed by atoms with van der Waals surface area (Å²) < 4.78 is 4.98. The molecule has 0 heterocycles. The van der Waals surface area contributed by atoms with E-state index < -0.39 is 0 Å². The van der Waals surface area contributed by atoms with Gasteiger partial charge in [-0.05, 0) is 6.42 Å². The van der Waals surface area contributed by atoms with Crippen LogP contribution in [0.2, 0.25) is 0 Å². The van der Waals surface area contributed by atoms with Gasteiger partial charge >= 0.3 is 0 Å². The van der Waals surface area contributed by atoms with Gasteiger partial charge in [0.05, 0.1) is 13.2 Å². The van der Waals surface area contributed by atoms with E-state index in [-0.39, 0.29) is 0 Å². The monoisotopic (exact) mass is 113 g/mol. The third kappa shape index (κ3) is 5.70. The maximum Gasteiger partial charge on any atom is 0.0841 e. The van der Waals surface area contributed by atoms with Crippen LogP contribution in [-0.4, -0.2) is 6.61 Å². The van der Waals surface area contributed by atoms with Gasteiger partial charge in [0.15, 0.2) is 0 Å². The Hall–Kier alpha value is -0.300. The van der Waals surface area contributed by atoms with Gasteiger partial charge < -0.3 is 4.74 Å². The molecule has 0 fully saturated rings. The fourth-order valence-electron chi connectivity index (χ4n) is 0.337. The summed E-state index contributed by atoms with van der Waals surface area (Å²) in [4.78, 5) is 0. The van der Waals surface area contributed by atoms with Crippen LogP contribution in [0, 0.1) is 6.61 Å². The van der Waals surface area contributed by atoms with Crippen molar-refractivity contribution in [2.45, 2.75) is 19.8 Å². The molecule has 8 heavy (non-hydrogen) atoms. The molecule has 0 aliphatic carbocycles. The first kappa shape index (κ1) is 7.70. The molecule has 0 rings (SSSR count). The fourth-order valence-corrected chi connectivity index (χ4v) is 0.337. The highest BCUT2D eigenvalue weighted by molar-refractivity contribution is 4.65. The lowest BCUT2D eigenvalue weighted by molar-refractivity contribution is 0.224. The first-order valence-corrected chi connectivity index (χ1v) is 2.96. The molecule has 0 spiro atoms. The molecule has 0 N–H and O–H groups in total. The zero-order valence-corrected chi connectivity index (χ0v) is 5.39. The molecule has 0 aromatic heterocycles. The van der Waals surface area contributed by atoms with Crippen molar-refractivity contribution in [2.24, 2.45) is 0 Å². The predicted octanol–water partition coefficient (Wildman–Crippen LogP) is 2.15. The fraction of sp³-hybridized carbons (Fsp3) is 0.571. The summed E-state index contributed by atoms with van der Waals surface area (Å²) in [5, 5.41) is 0. The Morgan fingerprint density at radius 3 is 2.88 bits per heavy atom. The molecule has 0 aromatic rings. The SMILES string of the molecule is C=CCO[CH]CCC. The normalized spacial score (nSPS) is 9.12. The minimum absolute atomic E-state index is 0.639. The van der Waals surface area contributed by atoms with E-state index in [0.717, 1.165) is 12.8 Å². The van der Waals surface area contributed by atoms with E-state index in [4.69, 9.17) is 4.74 Å². The Labute approximate surface area is 51.4 Å². The van der Waals surface area contributed by atoms with E-state index in [1.807, 2.05) is 6.61 Å². The maximum atomic E-state index is 4.98. The van der Waals surface area contributed by atoms with Gasteiger partial charge in [-0.1, -0.05) is 19.4 Å². The van der Waals surface area contributed by atoms with Crippen molar-refractivity contribution >= 4 is 0 Å². The average Bonchev–Trinajstić information content (AvgIpc) is 1.81. The Morgan fingerprint density at radius 2 is 2.38 bits per heavy atom. The molecule has 0 bridgehead atoms. The van der Waals surface area contributed by atoms with Gasteiger partial charge in [-0.2, -0.15) is 0 Å². The zero-order valence-electron chi connectivity index (χ0n) is 5.39. The topological polar surface area (TPSA) is 9.23 Å². The number of hydrogen-bond acceptors (Lipinski definition) is 1. The molecule has 1 nitrogen and oxygen atoms in total. The molecule has 0 saturated carbocycles. The highest BCUT2D eigenvalue weighted by Crippen LogP contribution is 1.92. The van der Waals surface area contributed by atoms with E-state index in [2.05, 4.69) is 13.5 Å². The average molecular weight is 113 g/mol. The minimum Gasteiger partial charge on any atom is -0.371 e. The zero-order chi connectivity index (χ0) is 6.24. The second-order valence-corrected chi connectivity index (χ2v) is 1.58. The van der Waals surface area contributed by atoms with Crippen molar-refractivity contribution in [1.82, 2.24) is 0 Å². The summed E-state index contributed by atoms with van der Waals surface area (Å²) in [7, 11) is 0. The molecule has 0 amide bonds. The van der Waals surface area contributed by atoms with Gasteiger partial charge in [0.2, 0.25) is 0 Å². The Balaban J connectivity index is 2.62. The number of rotatable bonds is 5. The lowest BCUT2D eigenvalue weighted by Crippen LogP contribution is -1.85. The van der Waals surface area contributed by atoms with Gasteiger partial charge in [0, 0.05) is 0 Å². The van der Waals surface area contributed by atoms with Crippen molar-refractivity contribution in [3.8, 4) is 0 Å². The van der Waals surface area contributed by atoms with Gasteiger partial charge in [-0.15, -0.1) is 6.58 Å². The third-order valence-corrected chi connectivity index (χ3v) is 0.738. The first-order chi connectivity index (χ1) is 3.91. The Bertz CT molecular complexity index is 50.3. The minimum atomic E-state index is 0.639. The van der Waals surface area contributed by atoms with E-state index >= 15 is 0 Å². The van der Waals surface area contributed by atoms with Crippen molar-refractivity contribution in [1.29, 1.82) is 0 Å². The van der Waals surface area contributed by atoms with E-state index in [0.29, 0.717) is 6.61 Å². The van der Waals surface area contributed by atoms with Crippen LogP contribution in [0.4, 0.5) is 0 Å². The highest BCUT2D eigenvalue weighted by atomic mass is 16.5. The van der Waals surface area contributed by atoms with Crippen molar-refractivity contribution in [3.05, 3.63) is 19.3 Å². The van der Waals surface area contributed by atoms with Gasteiger partial charge in [-0.3, -0.25) is 0 Å². The number of ether oxygens (including phenoxy) is 1. The largest absolute Gasteiger partial charge is 0.371 e. The lowest BCUT2D eigenvalue weighted by Gasteiger charge is -1.94. The van der Waals surface area contributed by atoms with Crippen LogP contribution in [0.15, 0.2) is 12.7 Å². The lowest BCUT2D eigenvalue weighted by atomic mass is 10.4. The summed E-state index contributed by atoms with van der Waals surface area (Å²) in [6.07, 6.45) is 3.93. The Morgan fingerprint density at radius 1 is 1.62 bits per heavy atom. The molecule has 47 valence electrons. The Kier molecular flexibility index (Phi) is 6.45. The van der Waals surface area contributed by atoms with E-state index in [1.54, 1.807) is 6.08 Å². The molecular formula is C7H13O. The van der Waals surface area contributed by atoms with Crippen LogP contribution in [0.5, 0.6) is 0 Å². The molecule has 0 aliphatic rings. The third-order valence-electron chi connectivity index (χ3n) is 0.738. The van der Waals surface area contributed by atoms with Crippen LogP contribution < -0.4 is 0 Å². The maximum absolute atomic E-state index is 4.98. The highest BCUT2D eigenvalue weighted by Gasteiger charge is 1.81. The van der Waals surface area contributed by atoms with Gasteiger partial charge in [0.1, 0.15) is 0 Å². The summed E-state index contributed by atoms with van der Waals surface area (Å²) in [6.45, 7) is 8.09. The van der Waals surface area contributed by atoms with Crippen LogP contribution in [0.3, 0.4) is 0 Å². The van der Waals surface area contributed by atoms with E-state index in [9.17, 15) is 0 Å². The van der Waals surface area contributed by atoms with Crippen LogP contribution in [-0.2, 0) is 4.74 Å². The molecule has 0 atom stereocenters. The quantitative estimate of drug-likeness (QED) is 0.392. The van der Waals surface area contributed by atoms with E-state index in [1.165, 1.54) is 0 Å². The summed E-state index contributed by atoms with van der Waals surface area (Å²) in [5.74, 6) is 0. The van der Waals surface area contributed by atoms with Crippen LogP contribution in [0.25, 0.3) is 0 Å². The van der Waals surface area contributed by atoms with Gasteiger partial charge in [0.25, 0.3) is 0 Å². The second kappa shape index (κ2) is 6.70. The molecule has 1 heteroatoms. The summed E-state index contributed by atoms with van der Waals surface area (Å²) in [5.41, 5.74) is 0. The van der Waals surface area contributed by atoms with Crippen LogP contribution in [0.1, 0.15) is 19.8 Å². The summed E-state index contributed by atoms with van der Waals surface area (Å²) in [6, 6.07) is 0. The second-order valence-electron chi connectivity index (χ2n) is 1.58. The van der Waals surface area contributed by atoms with Crippen molar-refractivity contribution < 1.29 is 4.74 Å². The molecule has 1 radical (unpaired) electrons. The molecule has 0 unspecified atom stereocenters. The molecule has 0 aliphatic heterocycles. The number of hydrogen-bond donors (Lipinski definition) is 0. The smallest absolute Gasteiger partial charge is 0.0841 e. The van der Waals surface area contributed by atoms with Crippen LogP contribution >= 0.6 is 0 Å². The van der Waals surface area contributed by atoms with Crippen molar-refractivity contribution in [2.75, 3.05) is 6.61 Å². The summed E-state index contributed by atoms with van der Waals surface area (Å²) >= 11 is 0. The molecule has 0 aromatic carbocycles. The predicted molar refractivity (Wildman–Crippen MR) is 35.4 cm³/mol. The first-order valence-electron chi connectivity index (χ1n) is 2.96. The molecule has 0 saturated heterocycles.